The van der Waals surface area contributed by atoms with E-state index in [-0.39, 0.29) is 41.4 Å². The molecule has 8 heteroatoms. The van der Waals surface area contributed by atoms with E-state index in [0.29, 0.717) is 18.5 Å². The predicted molar refractivity (Wildman–Crippen MR) is 129 cm³/mol. The second-order valence-electron chi connectivity index (χ2n) is 8.95. The van der Waals surface area contributed by atoms with Gasteiger partial charge in [0.1, 0.15) is 5.82 Å². The molecule has 1 amide bonds. The first-order chi connectivity index (χ1) is 16.2. The van der Waals surface area contributed by atoms with Crippen LogP contribution in [0.4, 0.5) is 4.39 Å². The highest BCUT2D eigenvalue weighted by Gasteiger charge is 2.26. The monoisotopic (exact) mass is 488 g/mol. The molecule has 0 N–H and O–H groups in total. The molecule has 0 heterocycles. The third-order valence-corrected chi connectivity index (χ3v) is 8.31. The first-order valence-corrected chi connectivity index (χ1v) is 13.2. The summed E-state index contributed by atoms with van der Waals surface area (Å²) in [6.07, 6.45) is 5.89. The van der Waals surface area contributed by atoms with Gasteiger partial charge < -0.3 is 4.90 Å². The van der Waals surface area contributed by atoms with Crippen LogP contribution in [0.15, 0.2) is 53.4 Å². The topological polar surface area (TPSA) is 74.8 Å². The number of halogens is 1. The molecular weight excluding hydrogens is 455 g/mol. The molecule has 0 atom stereocenters. The quantitative estimate of drug-likeness (QED) is 0.451. The Morgan fingerprint density at radius 3 is 2.18 bits per heavy atom. The number of benzene rings is 2. The minimum atomic E-state index is -3.71. The Hall–Kier alpha value is -2.58. The Bertz CT molecular complexity index is 1080. The molecule has 0 radical (unpaired) electrons. The molecular formula is C26H33FN2O4S. The van der Waals surface area contributed by atoms with Crippen LogP contribution in [0.3, 0.4) is 0 Å². The Kier molecular flexibility index (Phi) is 8.97. The molecule has 6 nitrogen and oxygen atoms in total. The van der Waals surface area contributed by atoms with Crippen LogP contribution in [-0.4, -0.2) is 48.9 Å². The fourth-order valence-corrected chi connectivity index (χ4v) is 5.57. The number of sulfonamides is 1. The van der Waals surface area contributed by atoms with Crippen LogP contribution in [-0.2, 0) is 21.4 Å². The van der Waals surface area contributed by atoms with E-state index in [4.69, 9.17) is 0 Å². The Balaban J connectivity index is 1.61. The molecule has 0 unspecified atom stereocenters. The highest BCUT2D eigenvalue weighted by atomic mass is 32.2. The molecule has 34 heavy (non-hydrogen) atoms. The summed E-state index contributed by atoms with van der Waals surface area (Å²) in [5.74, 6) is -0.439. The van der Waals surface area contributed by atoms with Crippen molar-refractivity contribution in [2.75, 3.05) is 13.6 Å². The van der Waals surface area contributed by atoms with E-state index in [1.165, 1.54) is 61.1 Å². The Labute approximate surface area is 201 Å². The third-order valence-electron chi connectivity index (χ3n) is 6.43. The van der Waals surface area contributed by atoms with Crippen molar-refractivity contribution >= 4 is 21.7 Å². The van der Waals surface area contributed by atoms with Crippen molar-refractivity contribution in [2.45, 2.75) is 69.4 Å². The molecule has 0 bridgehead atoms. The van der Waals surface area contributed by atoms with Gasteiger partial charge in [0.25, 0.3) is 0 Å². The molecule has 0 aliphatic heterocycles. The number of carbonyl (C=O) groups is 2. The van der Waals surface area contributed by atoms with Gasteiger partial charge in [-0.2, -0.15) is 0 Å². The largest absolute Gasteiger partial charge is 0.335 e. The second kappa shape index (κ2) is 11.7. The molecule has 0 spiro atoms. The van der Waals surface area contributed by atoms with Crippen molar-refractivity contribution < 1.29 is 22.4 Å². The number of rotatable bonds is 10. The lowest BCUT2D eigenvalue weighted by atomic mass is 9.93. The summed E-state index contributed by atoms with van der Waals surface area (Å²) in [6.45, 7) is 2.07. The average molecular weight is 489 g/mol. The van der Waals surface area contributed by atoms with Gasteiger partial charge >= 0.3 is 0 Å². The SMILES string of the molecule is CC(=O)c1ccc(S(=O)(=O)N(C)CCCC(=O)N(Cc2ccc(F)cc2)C2CCCCC2)cc1. The minimum absolute atomic E-state index is 0.00664. The highest BCUT2D eigenvalue weighted by molar-refractivity contribution is 7.89. The molecule has 3 rings (SSSR count). The molecule has 2 aromatic carbocycles. The summed E-state index contributed by atoms with van der Waals surface area (Å²) in [5.41, 5.74) is 1.34. The number of hydrogen-bond donors (Lipinski definition) is 0. The fourth-order valence-electron chi connectivity index (χ4n) is 4.36. The van der Waals surface area contributed by atoms with E-state index in [0.717, 1.165) is 31.2 Å². The van der Waals surface area contributed by atoms with Crippen molar-refractivity contribution in [2.24, 2.45) is 0 Å². The van der Waals surface area contributed by atoms with Crippen LogP contribution < -0.4 is 0 Å². The molecule has 1 saturated carbocycles. The van der Waals surface area contributed by atoms with Gasteiger partial charge in [0.2, 0.25) is 15.9 Å². The number of nitrogens with zero attached hydrogens (tertiary/aromatic N) is 2. The van der Waals surface area contributed by atoms with Gasteiger partial charge in [-0.15, -0.1) is 0 Å². The second-order valence-corrected chi connectivity index (χ2v) is 11.0. The van der Waals surface area contributed by atoms with E-state index in [1.807, 2.05) is 4.90 Å². The molecule has 184 valence electrons. The zero-order valence-corrected chi connectivity index (χ0v) is 20.7. The third kappa shape index (κ3) is 6.73. The zero-order valence-electron chi connectivity index (χ0n) is 19.9. The maximum atomic E-state index is 13.3. The number of hydrogen-bond acceptors (Lipinski definition) is 4. The minimum Gasteiger partial charge on any atom is -0.335 e. The van der Waals surface area contributed by atoms with Crippen LogP contribution in [0, 0.1) is 5.82 Å². The molecule has 0 saturated heterocycles. The first kappa shape index (κ1) is 26.0. The first-order valence-electron chi connectivity index (χ1n) is 11.8. The lowest BCUT2D eigenvalue weighted by Gasteiger charge is -2.35. The van der Waals surface area contributed by atoms with Crippen molar-refractivity contribution in [3.05, 3.63) is 65.5 Å². The van der Waals surface area contributed by atoms with E-state index >= 15 is 0 Å². The highest BCUT2D eigenvalue weighted by Crippen LogP contribution is 2.25. The number of amides is 1. The summed E-state index contributed by atoms with van der Waals surface area (Å²) < 4.78 is 40.3. The molecule has 1 aliphatic rings. The number of carbonyl (C=O) groups excluding carboxylic acids is 2. The van der Waals surface area contributed by atoms with Crippen LogP contribution in [0.2, 0.25) is 0 Å². The van der Waals surface area contributed by atoms with E-state index < -0.39 is 10.0 Å². The lowest BCUT2D eigenvalue weighted by Crippen LogP contribution is -2.41. The van der Waals surface area contributed by atoms with Crippen molar-refractivity contribution in [1.29, 1.82) is 0 Å². The van der Waals surface area contributed by atoms with Crippen LogP contribution in [0.5, 0.6) is 0 Å². The van der Waals surface area contributed by atoms with Gasteiger partial charge in [0, 0.05) is 38.2 Å². The van der Waals surface area contributed by atoms with Gasteiger partial charge in [-0.1, -0.05) is 43.5 Å². The smallest absolute Gasteiger partial charge is 0.242 e. The molecule has 1 aliphatic carbocycles. The summed E-state index contributed by atoms with van der Waals surface area (Å²) in [4.78, 5) is 26.6. The van der Waals surface area contributed by atoms with Gasteiger partial charge in [-0.05, 0) is 56.0 Å². The predicted octanol–water partition coefficient (Wildman–Crippen LogP) is 4.79. The lowest BCUT2D eigenvalue weighted by molar-refractivity contribution is -0.135. The molecule has 1 fully saturated rings. The Morgan fingerprint density at radius 2 is 1.59 bits per heavy atom. The van der Waals surface area contributed by atoms with Gasteiger partial charge in [-0.3, -0.25) is 9.59 Å². The fraction of sp³-hybridized carbons (Fsp3) is 0.462. The maximum Gasteiger partial charge on any atom is 0.242 e. The Morgan fingerprint density at radius 1 is 0.971 bits per heavy atom. The molecule has 0 aromatic heterocycles. The summed E-state index contributed by atoms with van der Waals surface area (Å²) in [7, 11) is -2.21. The zero-order chi connectivity index (χ0) is 24.7. The van der Waals surface area contributed by atoms with Crippen molar-refractivity contribution in [1.82, 2.24) is 9.21 Å². The van der Waals surface area contributed by atoms with Crippen molar-refractivity contribution in [3.63, 3.8) is 0 Å². The maximum absolute atomic E-state index is 13.3. The molecule has 2 aromatic rings. The van der Waals surface area contributed by atoms with Crippen LogP contribution in [0.25, 0.3) is 0 Å². The van der Waals surface area contributed by atoms with Crippen molar-refractivity contribution in [3.8, 4) is 0 Å². The van der Waals surface area contributed by atoms with Gasteiger partial charge in [-0.25, -0.2) is 17.1 Å². The van der Waals surface area contributed by atoms with Crippen LogP contribution in [0.1, 0.15) is 67.8 Å². The van der Waals surface area contributed by atoms with Crippen LogP contribution >= 0.6 is 0 Å². The van der Waals surface area contributed by atoms with E-state index in [1.54, 1.807) is 12.1 Å². The number of Topliss-reactive ketones (excluding diaryl/α,β-unsaturated/α-hetero) is 1. The normalized spacial score (nSPS) is 14.8. The van der Waals surface area contributed by atoms with Gasteiger partial charge in [0.05, 0.1) is 4.90 Å². The average Bonchev–Trinajstić information content (AvgIpc) is 2.84. The summed E-state index contributed by atoms with van der Waals surface area (Å²) in [6, 6.07) is 12.2. The number of ketones is 1. The van der Waals surface area contributed by atoms with E-state index in [9.17, 15) is 22.4 Å². The van der Waals surface area contributed by atoms with E-state index in [2.05, 4.69) is 0 Å². The summed E-state index contributed by atoms with van der Waals surface area (Å²) in [5, 5.41) is 0. The summed E-state index contributed by atoms with van der Waals surface area (Å²) >= 11 is 0. The van der Waals surface area contributed by atoms with Gasteiger partial charge in [0.15, 0.2) is 5.78 Å². The standard InChI is InChI=1S/C26H33FN2O4S/c1-20(30)22-12-16-25(17-13-22)34(32,33)28(2)18-6-9-26(31)29(24-7-4-3-5-8-24)19-21-10-14-23(27)15-11-21/h10-17,24H,3-9,18-19H2,1-2H3.